The lowest BCUT2D eigenvalue weighted by molar-refractivity contribution is -0.0799. The van der Waals surface area contributed by atoms with Gasteiger partial charge in [-0.05, 0) is 38.1 Å². The van der Waals surface area contributed by atoms with Crippen molar-refractivity contribution in [1.82, 2.24) is 4.98 Å². The molecule has 4 N–H and O–H groups in total. The molecule has 0 aliphatic heterocycles. The van der Waals surface area contributed by atoms with Crippen molar-refractivity contribution in [3.05, 3.63) is 72.8 Å². The fraction of sp³-hybridized carbons (Fsp3) is 0.250. The number of hydrogen-bond donors (Lipinski definition) is 3. The normalized spacial score (nSPS) is 10.1. The van der Waals surface area contributed by atoms with Crippen molar-refractivity contribution in [2.75, 3.05) is 11.9 Å². The summed E-state index contributed by atoms with van der Waals surface area (Å²) in [5, 5.41) is 10.8. The number of benzene rings is 2. The zero-order valence-corrected chi connectivity index (χ0v) is 19.1. The minimum atomic E-state index is -4.13. The first-order valence-corrected chi connectivity index (χ1v) is 10.2. The number of hydrogen-bond acceptors (Lipinski definition) is 4. The van der Waals surface area contributed by atoms with E-state index in [0.717, 1.165) is 35.4 Å². The van der Waals surface area contributed by atoms with Crippen LogP contribution in [0.5, 0.6) is 11.5 Å². The van der Waals surface area contributed by atoms with Gasteiger partial charge in [-0.2, -0.15) is 13.2 Å². The molecule has 1 aromatic heterocycles. The average Bonchev–Trinajstić information content (AvgIpc) is 2.78. The average molecular weight is 467 g/mol. The number of pyridine rings is 1. The van der Waals surface area contributed by atoms with Gasteiger partial charge in [-0.25, -0.2) is 4.39 Å². The van der Waals surface area contributed by atoms with E-state index in [1.54, 1.807) is 24.5 Å². The first kappa shape index (κ1) is 29.4. The van der Waals surface area contributed by atoms with Gasteiger partial charge in [-0.15, -0.1) is 0 Å². The number of ether oxygens (including phenoxy) is 1. The molecular weight excluding hydrogens is 436 g/mol. The Balaban J connectivity index is 0.000000719. The molecule has 2 aromatic carbocycles. The van der Waals surface area contributed by atoms with Gasteiger partial charge in [0.1, 0.15) is 5.75 Å². The number of nitrogens with zero attached hydrogens (tertiary/aromatic N) is 1. The Morgan fingerprint density at radius 1 is 1.12 bits per heavy atom. The van der Waals surface area contributed by atoms with Gasteiger partial charge in [-0.3, -0.25) is 10.4 Å². The minimum Gasteiger partial charge on any atom is -0.454 e. The molecule has 0 aliphatic rings. The van der Waals surface area contributed by atoms with Crippen molar-refractivity contribution in [3.8, 4) is 11.5 Å². The molecular formula is C24H30F4N4O. The second kappa shape index (κ2) is 16.1. The lowest BCUT2D eigenvalue weighted by Gasteiger charge is -2.11. The molecule has 180 valence electrons. The number of halogens is 4. The highest BCUT2D eigenvalue weighted by molar-refractivity contribution is 5.87. The summed E-state index contributed by atoms with van der Waals surface area (Å²) in [5.41, 5.74) is 5.13. The molecule has 0 saturated heterocycles. The number of alkyl halides is 3. The van der Waals surface area contributed by atoms with Crippen LogP contribution < -0.4 is 15.8 Å². The van der Waals surface area contributed by atoms with Crippen LogP contribution in [0.4, 0.5) is 23.2 Å². The molecule has 33 heavy (non-hydrogen) atoms. The third-order valence-electron chi connectivity index (χ3n) is 3.53. The van der Waals surface area contributed by atoms with E-state index in [1.165, 1.54) is 13.0 Å². The van der Waals surface area contributed by atoms with Crippen LogP contribution in [0, 0.1) is 11.2 Å². The molecule has 0 radical (unpaired) electrons. The maximum absolute atomic E-state index is 14.1. The molecule has 0 fully saturated rings. The Kier molecular flexibility index (Phi) is 14.3. The fourth-order valence-corrected chi connectivity index (χ4v) is 2.39. The highest BCUT2D eigenvalue weighted by Gasteiger charge is 2.20. The van der Waals surface area contributed by atoms with Crippen LogP contribution in [0.15, 0.2) is 67.0 Å². The molecule has 0 aliphatic carbocycles. The standard InChI is InChI=1S/C17H15FN2O.C4H5F3.C2H6.CH4N2/c1-2-20-13-6-7-17(15(18)10-13)21-16-5-3-4-12-11-19-9-8-14(12)16;1-2-3-4(5,6)7;1-2;2-1-3/h3-11,20H,2H2,1H3;2-3H,1H3;1-2H3;1H,(H3,2,3)/b;3-2+;;. The SMILES string of the molecule is C/C=C/C(F)(F)F.CC.CCNc1ccc(Oc2cccc3cnccc23)c(F)c1.N=CN. The number of aromatic nitrogens is 1. The highest BCUT2D eigenvalue weighted by Crippen LogP contribution is 2.31. The van der Waals surface area contributed by atoms with E-state index in [0.29, 0.717) is 5.75 Å². The van der Waals surface area contributed by atoms with Gasteiger partial charge >= 0.3 is 6.18 Å². The van der Waals surface area contributed by atoms with E-state index in [1.807, 2.05) is 45.0 Å². The highest BCUT2D eigenvalue weighted by atomic mass is 19.4. The Hall–Kier alpha value is -3.62. The van der Waals surface area contributed by atoms with E-state index >= 15 is 0 Å². The molecule has 0 spiro atoms. The summed E-state index contributed by atoms with van der Waals surface area (Å²) in [6.45, 7) is 8.04. The second-order valence-electron chi connectivity index (χ2n) is 5.84. The summed E-state index contributed by atoms with van der Waals surface area (Å²) in [5.74, 6) is 0.436. The molecule has 0 unspecified atom stereocenters. The Bertz CT molecular complexity index is 986. The van der Waals surface area contributed by atoms with Crippen molar-refractivity contribution in [2.24, 2.45) is 5.73 Å². The van der Waals surface area contributed by atoms with Crippen LogP contribution in [0.25, 0.3) is 10.8 Å². The molecule has 0 bridgehead atoms. The first-order chi connectivity index (χ1) is 15.8. The summed E-state index contributed by atoms with van der Waals surface area (Å²) in [6, 6.07) is 12.4. The fourth-order valence-electron chi connectivity index (χ4n) is 2.39. The Labute approximate surface area is 191 Å². The van der Waals surface area contributed by atoms with Gasteiger partial charge in [0, 0.05) is 47.5 Å². The van der Waals surface area contributed by atoms with Gasteiger partial charge in [0.2, 0.25) is 0 Å². The largest absolute Gasteiger partial charge is 0.454 e. The van der Waals surface area contributed by atoms with Gasteiger partial charge in [0.15, 0.2) is 11.6 Å². The van der Waals surface area contributed by atoms with Crippen molar-refractivity contribution >= 4 is 22.8 Å². The number of fused-ring (bicyclic) bond motifs is 1. The molecule has 3 rings (SSSR count). The van der Waals surface area contributed by atoms with Gasteiger partial charge in [-0.1, -0.05) is 32.1 Å². The number of rotatable bonds is 4. The van der Waals surface area contributed by atoms with Crippen LogP contribution in [0.3, 0.4) is 0 Å². The molecule has 0 atom stereocenters. The predicted molar refractivity (Wildman–Crippen MR) is 128 cm³/mol. The maximum Gasteiger partial charge on any atom is 0.409 e. The molecule has 0 saturated carbocycles. The topological polar surface area (TPSA) is 84.0 Å². The second-order valence-corrected chi connectivity index (χ2v) is 5.84. The molecule has 1 heterocycles. The van der Waals surface area contributed by atoms with Crippen LogP contribution in [0.2, 0.25) is 0 Å². The van der Waals surface area contributed by atoms with Gasteiger partial charge < -0.3 is 15.8 Å². The first-order valence-electron chi connectivity index (χ1n) is 10.2. The monoisotopic (exact) mass is 466 g/mol. The Morgan fingerprint density at radius 3 is 2.30 bits per heavy atom. The lowest BCUT2D eigenvalue weighted by Crippen LogP contribution is -1.99. The van der Waals surface area contributed by atoms with Gasteiger partial charge in [0.25, 0.3) is 0 Å². The van der Waals surface area contributed by atoms with Crippen molar-refractivity contribution in [1.29, 1.82) is 5.41 Å². The van der Waals surface area contributed by atoms with E-state index in [2.05, 4.69) is 16.0 Å². The third kappa shape index (κ3) is 11.5. The minimum absolute atomic E-state index is 0.188. The van der Waals surface area contributed by atoms with Crippen molar-refractivity contribution < 1.29 is 22.3 Å². The molecule has 9 heteroatoms. The molecule has 0 amide bonds. The third-order valence-corrected chi connectivity index (χ3v) is 3.53. The lowest BCUT2D eigenvalue weighted by atomic mass is 10.1. The van der Waals surface area contributed by atoms with Crippen LogP contribution in [-0.4, -0.2) is 24.0 Å². The smallest absolute Gasteiger partial charge is 0.409 e. The van der Waals surface area contributed by atoms with Crippen LogP contribution in [-0.2, 0) is 0 Å². The van der Waals surface area contributed by atoms with E-state index in [9.17, 15) is 17.6 Å². The zero-order chi connectivity index (χ0) is 25.3. The Morgan fingerprint density at radius 2 is 1.79 bits per heavy atom. The molecule has 3 aromatic rings. The zero-order valence-electron chi connectivity index (χ0n) is 19.1. The quantitative estimate of drug-likeness (QED) is 0.163. The molecule has 5 nitrogen and oxygen atoms in total. The summed E-state index contributed by atoms with van der Waals surface area (Å²) < 4.78 is 52.7. The van der Waals surface area contributed by atoms with Crippen molar-refractivity contribution in [2.45, 2.75) is 33.9 Å². The summed E-state index contributed by atoms with van der Waals surface area (Å²) in [6.07, 6.45) is 1.22. The number of nitrogens with one attached hydrogen (secondary N) is 2. The van der Waals surface area contributed by atoms with E-state index in [4.69, 9.17) is 10.1 Å². The van der Waals surface area contributed by atoms with Crippen LogP contribution >= 0.6 is 0 Å². The maximum atomic E-state index is 14.1. The number of allylic oxidation sites excluding steroid dienone is 2. The van der Waals surface area contributed by atoms with E-state index < -0.39 is 6.18 Å². The summed E-state index contributed by atoms with van der Waals surface area (Å²) >= 11 is 0. The van der Waals surface area contributed by atoms with Crippen molar-refractivity contribution in [3.63, 3.8) is 0 Å². The number of anilines is 1. The number of nitrogens with two attached hydrogens (primary N) is 1. The summed E-state index contributed by atoms with van der Waals surface area (Å²) in [4.78, 5) is 4.07. The van der Waals surface area contributed by atoms with Gasteiger partial charge in [0.05, 0.1) is 6.34 Å². The summed E-state index contributed by atoms with van der Waals surface area (Å²) in [7, 11) is 0. The predicted octanol–water partition coefficient (Wildman–Crippen LogP) is 7.30. The van der Waals surface area contributed by atoms with Crippen LogP contribution in [0.1, 0.15) is 27.7 Å². The van der Waals surface area contributed by atoms with E-state index in [-0.39, 0.29) is 17.6 Å².